The fourth-order valence-corrected chi connectivity index (χ4v) is 3.12. The molecule has 0 radical (unpaired) electrons. The zero-order valence-corrected chi connectivity index (χ0v) is 18.5. The van der Waals surface area contributed by atoms with Crippen molar-refractivity contribution in [2.75, 3.05) is 31.2 Å². The Morgan fingerprint density at radius 2 is 2.00 bits per heavy atom. The highest BCUT2D eigenvalue weighted by molar-refractivity contribution is 6.31. The molecule has 1 aliphatic rings. The molecule has 8 heteroatoms. The molecule has 0 bridgehead atoms. The first-order valence-electron chi connectivity index (χ1n) is 10.0. The fourth-order valence-electron chi connectivity index (χ4n) is 3.01. The first kappa shape index (κ1) is 22.6. The van der Waals surface area contributed by atoms with Gasteiger partial charge < -0.3 is 14.8 Å². The van der Waals surface area contributed by atoms with E-state index < -0.39 is 0 Å². The Morgan fingerprint density at radius 1 is 1.23 bits per heavy atom. The van der Waals surface area contributed by atoms with Gasteiger partial charge in [-0.25, -0.2) is 0 Å². The van der Waals surface area contributed by atoms with Crippen LogP contribution in [0.15, 0.2) is 36.4 Å². The molecule has 0 unspecified atom stereocenters. The topological polar surface area (TPSA) is 84.9 Å². The van der Waals surface area contributed by atoms with Crippen molar-refractivity contribution in [1.82, 2.24) is 5.32 Å². The lowest BCUT2D eigenvalue weighted by Gasteiger charge is -2.29. The van der Waals surface area contributed by atoms with Gasteiger partial charge in [0, 0.05) is 17.1 Å². The molecule has 3 rings (SSSR count). The Morgan fingerprint density at radius 3 is 2.71 bits per heavy atom. The Bertz CT molecular complexity index is 1010. The minimum absolute atomic E-state index is 0.139. The Labute approximate surface area is 186 Å². The lowest BCUT2D eigenvalue weighted by atomic mass is 10.1. The van der Waals surface area contributed by atoms with E-state index >= 15 is 0 Å². The van der Waals surface area contributed by atoms with Crippen LogP contribution in [-0.4, -0.2) is 43.9 Å². The van der Waals surface area contributed by atoms with E-state index in [0.29, 0.717) is 40.2 Å². The summed E-state index contributed by atoms with van der Waals surface area (Å²) in [5.41, 5.74) is 1.60. The largest absolute Gasteiger partial charge is 0.485 e. The molecule has 0 aliphatic carbocycles. The number of anilines is 1. The van der Waals surface area contributed by atoms with E-state index in [1.165, 1.54) is 4.90 Å². The lowest BCUT2D eigenvalue weighted by molar-refractivity contribution is -0.125. The highest BCUT2D eigenvalue weighted by atomic mass is 35.5. The Hall–Kier alpha value is -3.06. The maximum atomic E-state index is 12.7. The Balaban J connectivity index is 1.72. The molecule has 1 heterocycles. The first-order chi connectivity index (χ1) is 14.7. The van der Waals surface area contributed by atoms with E-state index in [1.54, 1.807) is 36.4 Å². The molecule has 7 nitrogen and oxygen atoms in total. The van der Waals surface area contributed by atoms with E-state index in [9.17, 15) is 14.4 Å². The van der Waals surface area contributed by atoms with Crippen LogP contribution >= 0.6 is 11.6 Å². The summed E-state index contributed by atoms with van der Waals surface area (Å²) in [5, 5.41) is 3.42. The van der Waals surface area contributed by atoms with Crippen molar-refractivity contribution in [3.63, 3.8) is 0 Å². The number of rotatable bonds is 8. The van der Waals surface area contributed by atoms with Gasteiger partial charge in [-0.05, 0) is 54.8 Å². The van der Waals surface area contributed by atoms with Crippen LogP contribution in [-0.2, 0) is 9.59 Å². The molecule has 2 aromatic rings. The minimum Gasteiger partial charge on any atom is -0.485 e. The van der Waals surface area contributed by atoms with Gasteiger partial charge in [-0.2, -0.15) is 0 Å². The summed E-state index contributed by atoms with van der Waals surface area (Å²) < 4.78 is 11.0. The van der Waals surface area contributed by atoms with Gasteiger partial charge in [0.2, 0.25) is 5.91 Å². The number of benzene rings is 2. The third-order valence-electron chi connectivity index (χ3n) is 4.73. The van der Waals surface area contributed by atoms with Gasteiger partial charge in [-0.1, -0.05) is 25.4 Å². The van der Waals surface area contributed by atoms with Crippen LogP contribution in [0.2, 0.25) is 5.02 Å². The number of aryl methyl sites for hydroxylation is 1. The molecule has 2 aromatic carbocycles. The van der Waals surface area contributed by atoms with Crippen molar-refractivity contribution < 1.29 is 23.9 Å². The fraction of sp³-hybridized carbons (Fsp3) is 0.348. The number of ketones is 1. The quantitative estimate of drug-likeness (QED) is 0.631. The monoisotopic (exact) mass is 444 g/mol. The number of carbonyl (C=O) groups is 3. The van der Waals surface area contributed by atoms with Crippen molar-refractivity contribution in [2.45, 2.75) is 20.8 Å². The van der Waals surface area contributed by atoms with E-state index in [0.717, 1.165) is 5.56 Å². The number of amides is 2. The average molecular weight is 445 g/mol. The van der Waals surface area contributed by atoms with Crippen molar-refractivity contribution in [3.8, 4) is 11.5 Å². The van der Waals surface area contributed by atoms with Crippen molar-refractivity contribution in [1.29, 1.82) is 0 Å². The molecule has 0 spiro atoms. The molecule has 0 saturated carbocycles. The smallest absolute Gasteiger partial charge is 0.265 e. The van der Waals surface area contributed by atoms with Crippen LogP contribution in [0.3, 0.4) is 0 Å². The van der Waals surface area contributed by atoms with Crippen LogP contribution < -0.4 is 19.7 Å². The predicted octanol–water partition coefficient (Wildman–Crippen LogP) is 3.41. The Kier molecular flexibility index (Phi) is 7.17. The molecule has 31 heavy (non-hydrogen) atoms. The highest BCUT2D eigenvalue weighted by Gasteiger charge is 2.28. The van der Waals surface area contributed by atoms with Crippen LogP contribution in [0.5, 0.6) is 11.5 Å². The predicted molar refractivity (Wildman–Crippen MR) is 118 cm³/mol. The number of hydrogen-bond donors (Lipinski definition) is 1. The highest BCUT2D eigenvalue weighted by Crippen LogP contribution is 2.33. The van der Waals surface area contributed by atoms with Gasteiger partial charge in [-0.15, -0.1) is 0 Å². The normalized spacial score (nSPS) is 12.9. The van der Waals surface area contributed by atoms with Gasteiger partial charge in [0.05, 0.1) is 5.69 Å². The number of Topliss-reactive ketones (excluding diaryl/α,β-unsaturated/α-hetero) is 1. The number of ether oxygens (including phenoxy) is 2. The minimum atomic E-state index is -0.343. The maximum Gasteiger partial charge on any atom is 0.265 e. The van der Waals surface area contributed by atoms with Crippen LogP contribution in [0.4, 0.5) is 5.69 Å². The van der Waals surface area contributed by atoms with Crippen molar-refractivity contribution in [3.05, 3.63) is 52.5 Å². The molecular weight excluding hydrogens is 420 g/mol. The number of hydrogen-bond acceptors (Lipinski definition) is 5. The van der Waals surface area contributed by atoms with E-state index in [2.05, 4.69) is 5.32 Å². The van der Waals surface area contributed by atoms with E-state index in [4.69, 9.17) is 21.1 Å². The van der Waals surface area contributed by atoms with Gasteiger partial charge in [-0.3, -0.25) is 19.3 Å². The summed E-state index contributed by atoms with van der Waals surface area (Å²) in [4.78, 5) is 38.7. The van der Waals surface area contributed by atoms with E-state index in [-0.39, 0.29) is 37.4 Å². The van der Waals surface area contributed by atoms with Crippen LogP contribution in [0, 0.1) is 12.8 Å². The average Bonchev–Trinajstić information content (AvgIpc) is 2.74. The SMILES string of the molecule is Cc1cc(OCC(=O)c2ccc3c(c2)N(CC(=O)NCC(C)C)C(=O)CO3)ccc1Cl. The van der Waals surface area contributed by atoms with Gasteiger partial charge in [0.15, 0.2) is 19.0 Å². The summed E-state index contributed by atoms with van der Waals surface area (Å²) in [6.07, 6.45) is 0. The number of nitrogens with zero attached hydrogens (tertiary/aromatic N) is 1. The molecule has 0 saturated heterocycles. The summed E-state index contributed by atoms with van der Waals surface area (Å²) >= 11 is 6.01. The molecule has 1 N–H and O–H groups in total. The molecular formula is C23H25ClN2O5. The van der Waals surface area contributed by atoms with Gasteiger partial charge in [0.25, 0.3) is 5.91 Å². The number of nitrogens with one attached hydrogen (secondary N) is 1. The molecule has 2 amide bonds. The van der Waals surface area contributed by atoms with Gasteiger partial charge in [0.1, 0.15) is 18.0 Å². The lowest BCUT2D eigenvalue weighted by Crippen LogP contribution is -2.45. The summed E-state index contributed by atoms with van der Waals surface area (Å²) in [6.45, 7) is 5.87. The van der Waals surface area contributed by atoms with Gasteiger partial charge >= 0.3 is 0 Å². The number of halogens is 1. The standard InChI is InChI=1S/C23H25ClN2O5/c1-14(2)10-25-22(28)11-26-19-9-16(4-7-21(19)31-13-23(26)29)20(27)12-30-17-5-6-18(24)15(3)8-17/h4-9,14H,10-13H2,1-3H3,(H,25,28). The summed E-state index contributed by atoms with van der Waals surface area (Å²) in [7, 11) is 0. The zero-order chi connectivity index (χ0) is 22.5. The third kappa shape index (κ3) is 5.76. The first-order valence-corrected chi connectivity index (χ1v) is 10.4. The molecule has 0 fully saturated rings. The maximum absolute atomic E-state index is 12.7. The number of carbonyl (C=O) groups excluding carboxylic acids is 3. The van der Waals surface area contributed by atoms with Crippen LogP contribution in [0.1, 0.15) is 29.8 Å². The number of fused-ring (bicyclic) bond motifs is 1. The second-order valence-corrected chi connectivity index (χ2v) is 8.18. The second-order valence-electron chi connectivity index (χ2n) is 7.77. The van der Waals surface area contributed by atoms with Crippen LogP contribution in [0.25, 0.3) is 0 Å². The molecule has 164 valence electrons. The molecule has 1 aliphatic heterocycles. The van der Waals surface area contributed by atoms with Crippen molar-refractivity contribution >= 4 is 34.9 Å². The third-order valence-corrected chi connectivity index (χ3v) is 5.16. The van der Waals surface area contributed by atoms with Crippen molar-refractivity contribution in [2.24, 2.45) is 5.92 Å². The molecule has 0 atom stereocenters. The summed E-state index contributed by atoms with van der Waals surface area (Å²) in [5.74, 6) is 0.401. The second kappa shape index (κ2) is 9.83. The zero-order valence-electron chi connectivity index (χ0n) is 17.7. The molecule has 0 aromatic heterocycles. The summed E-state index contributed by atoms with van der Waals surface area (Å²) in [6, 6.07) is 9.96. The van der Waals surface area contributed by atoms with E-state index in [1.807, 2.05) is 20.8 Å².